The molecule has 2 rings (SSSR count). The highest BCUT2D eigenvalue weighted by atomic mass is 19.1. The lowest BCUT2D eigenvalue weighted by atomic mass is 10.1. The van der Waals surface area contributed by atoms with E-state index < -0.39 is 0 Å². The van der Waals surface area contributed by atoms with Gasteiger partial charge < -0.3 is 4.90 Å². The number of benzene rings is 1. The summed E-state index contributed by atoms with van der Waals surface area (Å²) in [4.78, 5) is 4.59. The lowest BCUT2D eigenvalue weighted by Gasteiger charge is -2.36. The zero-order valence-corrected chi connectivity index (χ0v) is 11.6. The first-order valence-corrected chi connectivity index (χ1v) is 6.76. The van der Waals surface area contributed by atoms with Gasteiger partial charge in [-0.25, -0.2) is 4.39 Å². The summed E-state index contributed by atoms with van der Waals surface area (Å²) in [6.07, 6.45) is 0. The van der Waals surface area contributed by atoms with E-state index in [9.17, 15) is 4.39 Å². The van der Waals surface area contributed by atoms with Crippen LogP contribution in [0.3, 0.4) is 0 Å². The Morgan fingerprint density at radius 2 is 1.89 bits per heavy atom. The van der Waals surface area contributed by atoms with Crippen molar-refractivity contribution < 1.29 is 4.39 Å². The van der Waals surface area contributed by atoms with Crippen LogP contribution in [0.1, 0.15) is 19.4 Å². The number of hydrogen-bond acceptors (Lipinski definition) is 3. The second-order valence-corrected chi connectivity index (χ2v) is 5.49. The molecule has 0 aliphatic carbocycles. The second kappa shape index (κ2) is 6.03. The molecule has 19 heavy (non-hydrogen) atoms. The molecule has 1 fully saturated rings. The van der Waals surface area contributed by atoms with Crippen molar-refractivity contribution in [1.82, 2.24) is 4.90 Å². The summed E-state index contributed by atoms with van der Waals surface area (Å²) >= 11 is 0. The van der Waals surface area contributed by atoms with Crippen molar-refractivity contribution in [3.05, 3.63) is 29.6 Å². The highest BCUT2D eigenvalue weighted by molar-refractivity contribution is 5.52. The zero-order chi connectivity index (χ0) is 13.8. The molecule has 1 aromatic rings. The van der Waals surface area contributed by atoms with Crippen LogP contribution < -0.4 is 4.90 Å². The summed E-state index contributed by atoms with van der Waals surface area (Å²) < 4.78 is 13.4. The predicted octanol–water partition coefficient (Wildman–Crippen LogP) is 2.48. The summed E-state index contributed by atoms with van der Waals surface area (Å²) in [6, 6.07) is 6.56. The first-order valence-electron chi connectivity index (χ1n) is 6.76. The van der Waals surface area contributed by atoms with E-state index in [1.807, 2.05) is 6.07 Å². The number of piperazine rings is 1. The summed E-state index contributed by atoms with van der Waals surface area (Å²) in [7, 11) is 0. The molecule has 0 saturated carbocycles. The monoisotopic (exact) mass is 261 g/mol. The van der Waals surface area contributed by atoms with Crippen LogP contribution in [-0.2, 0) is 0 Å². The van der Waals surface area contributed by atoms with E-state index in [0.717, 1.165) is 38.4 Å². The molecule has 0 radical (unpaired) electrons. The number of halogens is 1. The van der Waals surface area contributed by atoms with Crippen molar-refractivity contribution in [1.29, 1.82) is 5.26 Å². The SMILES string of the molecule is CC(C)CN1CCN(c2cc(F)cc(C#N)c2)CC1. The average Bonchev–Trinajstić information content (AvgIpc) is 2.38. The molecule has 1 aliphatic rings. The maximum atomic E-state index is 13.4. The van der Waals surface area contributed by atoms with Gasteiger partial charge in [-0.1, -0.05) is 13.8 Å². The zero-order valence-electron chi connectivity index (χ0n) is 11.6. The summed E-state index contributed by atoms with van der Waals surface area (Å²) in [5, 5.41) is 8.88. The maximum absolute atomic E-state index is 13.4. The molecule has 0 atom stereocenters. The van der Waals surface area contributed by atoms with Crippen molar-refractivity contribution >= 4 is 5.69 Å². The molecule has 0 spiro atoms. The van der Waals surface area contributed by atoms with E-state index in [-0.39, 0.29) is 5.82 Å². The fourth-order valence-electron chi connectivity index (χ4n) is 2.53. The average molecular weight is 261 g/mol. The van der Waals surface area contributed by atoms with Crippen molar-refractivity contribution in [3.8, 4) is 6.07 Å². The first kappa shape index (κ1) is 13.8. The minimum atomic E-state index is -0.335. The number of hydrogen-bond donors (Lipinski definition) is 0. The standard InChI is InChI=1S/C15H20FN3/c1-12(2)11-18-3-5-19(6-4-18)15-8-13(10-17)7-14(16)9-15/h7-9,12H,3-6,11H2,1-2H3. The van der Waals surface area contributed by atoms with Crippen molar-refractivity contribution in [2.24, 2.45) is 5.92 Å². The van der Waals surface area contributed by atoms with Crippen LogP contribution in [0.4, 0.5) is 10.1 Å². The van der Waals surface area contributed by atoms with E-state index in [4.69, 9.17) is 5.26 Å². The molecule has 1 aromatic carbocycles. The van der Waals surface area contributed by atoms with Gasteiger partial charge in [-0.3, -0.25) is 4.90 Å². The van der Waals surface area contributed by atoms with Gasteiger partial charge >= 0.3 is 0 Å². The number of nitrogens with zero attached hydrogens (tertiary/aromatic N) is 3. The molecule has 1 aliphatic heterocycles. The van der Waals surface area contributed by atoms with E-state index in [2.05, 4.69) is 23.6 Å². The van der Waals surface area contributed by atoms with Crippen molar-refractivity contribution in [2.45, 2.75) is 13.8 Å². The highest BCUT2D eigenvalue weighted by Gasteiger charge is 2.18. The van der Waals surface area contributed by atoms with Gasteiger partial charge in [0.15, 0.2) is 0 Å². The molecular formula is C15H20FN3. The second-order valence-electron chi connectivity index (χ2n) is 5.49. The Morgan fingerprint density at radius 1 is 1.21 bits per heavy atom. The van der Waals surface area contributed by atoms with Gasteiger partial charge in [0.25, 0.3) is 0 Å². The smallest absolute Gasteiger partial charge is 0.126 e. The van der Waals surface area contributed by atoms with Gasteiger partial charge in [0.1, 0.15) is 5.82 Å². The molecule has 102 valence electrons. The summed E-state index contributed by atoms with van der Waals surface area (Å²) in [5.41, 5.74) is 1.21. The lowest BCUT2D eigenvalue weighted by Crippen LogP contribution is -2.47. The summed E-state index contributed by atoms with van der Waals surface area (Å²) in [5.74, 6) is 0.338. The van der Waals surface area contributed by atoms with Crippen LogP contribution in [0.25, 0.3) is 0 Å². The lowest BCUT2D eigenvalue weighted by molar-refractivity contribution is 0.231. The maximum Gasteiger partial charge on any atom is 0.126 e. The van der Waals surface area contributed by atoms with Gasteiger partial charge in [0.2, 0.25) is 0 Å². The Morgan fingerprint density at radius 3 is 2.47 bits per heavy atom. The van der Waals surface area contributed by atoms with Crippen LogP contribution in [0.2, 0.25) is 0 Å². The minimum Gasteiger partial charge on any atom is -0.369 e. The Labute approximate surface area is 114 Å². The molecule has 3 nitrogen and oxygen atoms in total. The van der Waals surface area contributed by atoms with Crippen LogP contribution in [-0.4, -0.2) is 37.6 Å². The summed E-state index contributed by atoms with van der Waals surface area (Å²) in [6.45, 7) is 9.33. The Hall–Kier alpha value is -1.60. The largest absolute Gasteiger partial charge is 0.369 e. The third-order valence-electron chi connectivity index (χ3n) is 3.37. The van der Waals surface area contributed by atoms with E-state index in [0.29, 0.717) is 11.5 Å². The molecule has 0 N–H and O–H groups in total. The number of rotatable bonds is 3. The molecule has 0 aromatic heterocycles. The van der Waals surface area contributed by atoms with Crippen LogP contribution >= 0.6 is 0 Å². The van der Waals surface area contributed by atoms with Crippen LogP contribution in [0.5, 0.6) is 0 Å². The molecule has 0 unspecified atom stereocenters. The number of anilines is 1. The predicted molar refractivity (Wildman–Crippen MR) is 74.6 cm³/mol. The van der Waals surface area contributed by atoms with E-state index >= 15 is 0 Å². The normalized spacial score (nSPS) is 16.7. The van der Waals surface area contributed by atoms with Crippen LogP contribution in [0, 0.1) is 23.1 Å². The first-order chi connectivity index (χ1) is 9.08. The Balaban J connectivity index is 2.02. The van der Waals surface area contributed by atoms with Crippen molar-refractivity contribution in [3.63, 3.8) is 0 Å². The van der Waals surface area contributed by atoms with Gasteiger partial charge in [-0.15, -0.1) is 0 Å². The molecule has 1 saturated heterocycles. The van der Waals surface area contributed by atoms with E-state index in [1.54, 1.807) is 6.07 Å². The van der Waals surface area contributed by atoms with Crippen LogP contribution in [0.15, 0.2) is 18.2 Å². The van der Waals surface area contributed by atoms with Crippen molar-refractivity contribution in [2.75, 3.05) is 37.6 Å². The van der Waals surface area contributed by atoms with Gasteiger partial charge in [-0.2, -0.15) is 5.26 Å². The molecular weight excluding hydrogens is 241 g/mol. The highest BCUT2D eigenvalue weighted by Crippen LogP contribution is 2.20. The number of nitriles is 1. The van der Waals surface area contributed by atoms with E-state index in [1.165, 1.54) is 12.1 Å². The van der Waals surface area contributed by atoms with Gasteiger partial charge in [0.05, 0.1) is 11.6 Å². The topological polar surface area (TPSA) is 30.3 Å². The minimum absolute atomic E-state index is 0.335. The molecule has 4 heteroatoms. The fourth-order valence-corrected chi connectivity index (χ4v) is 2.53. The molecule has 0 amide bonds. The fraction of sp³-hybridized carbons (Fsp3) is 0.533. The van der Waals surface area contributed by atoms with Gasteiger partial charge in [-0.05, 0) is 24.1 Å². The third-order valence-corrected chi connectivity index (χ3v) is 3.37. The molecule has 0 bridgehead atoms. The quantitative estimate of drug-likeness (QED) is 0.837. The Kier molecular flexibility index (Phi) is 4.39. The van der Waals surface area contributed by atoms with Gasteiger partial charge in [0, 0.05) is 38.4 Å². The molecule has 1 heterocycles. The third kappa shape index (κ3) is 3.68. The Bertz CT molecular complexity index is 471.